The fourth-order valence-electron chi connectivity index (χ4n) is 5.60. The van der Waals surface area contributed by atoms with Gasteiger partial charge in [0.05, 0.1) is 6.04 Å². The third-order valence-electron chi connectivity index (χ3n) is 7.17. The van der Waals surface area contributed by atoms with Crippen molar-refractivity contribution in [2.24, 2.45) is 27.4 Å². The number of methoxy groups -OCH3 is 1. The second kappa shape index (κ2) is 14.5. The average Bonchev–Trinajstić information content (AvgIpc) is 3.20. The molecule has 2 aliphatic rings. The van der Waals surface area contributed by atoms with Crippen LogP contribution in [0.5, 0.6) is 0 Å². The van der Waals surface area contributed by atoms with Crippen LogP contribution in [0.3, 0.4) is 0 Å². The molecule has 3 atom stereocenters. The molecule has 40 heavy (non-hydrogen) atoms. The first-order valence-electron chi connectivity index (χ1n) is 13.2. The van der Waals surface area contributed by atoms with Crippen molar-refractivity contribution >= 4 is 47.1 Å². The summed E-state index contributed by atoms with van der Waals surface area (Å²) < 4.78 is 5.99. The highest BCUT2D eigenvalue weighted by Gasteiger charge is 2.55. The molecule has 0 saturated heterocycles. The van der Waals surface area contributed by atoms with Gasteiger partial charge < -0.3 is 21.1 Å². The molecule has 1 aliphatic carbocycles. The normalized spacial score (nSPS) is 21.5. The van der Waals surface area contributed by atoms with Gasteiger partial charge in [0.15, 0.2) is 5.66 Å². The summed E-state index contributed by atoms with van der Waals surface area (Å²) in [6, 6.07) is 13.1. The van der Waals surface area contributed by atoms with Crippen molar-refractivity contribution < 1.29 is 14.3 Å². The lowest BCUT2D eigenvalue weighted by atomic mass is 9.83. The molecule has 2 aromatic rings. The van der Waals surface area contributed by atoms with Gasteiger partial charge in [-0.1, -0.05) is 67.2 Å². The van der Waals surface area contributed by atoms with Crippen LogP contribution in [0.15, 0.2) is 52.6 Å². The fourth-order valence-corrected chi connectivity index (χ4v) is 6.13. The predicted molar refractivity (Wildman–Crippen MR) is 159 cm³/mol. The van der Waals surface area contributed by atoms with Crippen LogP contribution >= 0.6 is 23.2 Å². The number of rotatable bonds is 9. The highest BCUT2D eigenvalue weighted by Crippen LogP contribution is 2.46. The molecule has 4 rings (SSSR count). The largest absolute Gasteiger partial charge is 0.385 e. The van der Waals surface area contributed by atoms with Crippen LogP contribution in [0.1, 0.15) is 68.2 Å². The maximum atomic E-state index is 14.2. The van der Waals surface area contributed by atoms with E-state index in [-0.39, 0.29) is 24.5 Å². The SMILES string of the molecule is CCCC(c1ccc(C/C(N)=N/NN)cc1)N1C(=O)C(c2cc(Cl)cc(Cl)c2)=NC12CCCCC2OC.NC=O. The zero-order valence-corrected chi connectivity index (χ0v) is 24.3. The molecule has 3 unspecified atom stereocenters. The molecule has 2 amide bonds. The van der Waals surface area contributed by atoms with Crippen molar-refractivity contribution in [3.63, 3.8) is 0 Å². The Labute approximate surface area is 244 Å². The third kappa shape index (κ3) is 6.93. The molecular formula is C28H37Cl2N7O3. The Kier molecular flexibility index (Phi) is 11.3. The number of nitrogens with two attached hydrogens (primary N) is 3. The average molecular weight is 591 g/mol. The number of hydrogen-bond acceptors (Lipinski definition) is 7. The lowest BCUT2D eigenvalue weighted by molar-refractivity contribution is -0.143. The van der Waals surface area contributed by atoms with Gasteiger partial charge in [0.1, 0.15) is 17.7 Å². The number of carbonyl (C=O) groups excluding carboxylic acids is 2. The number of halogens is 2. The van der Waals surface area contributed by atoms with Crippen LogP contribution in [0.4, 0.5) is 0 Å². The van der Waals surface area contributed by atoms with Gasteiger partial charge in [-0.3, -0.25) is 9.59 Å². The van der Waals surface area contributed by atoms with Gasteiger partial charge in [0.25, 0.3) is 5.91 Å². The van der Waals surface area contributed by atoms with Crippen molar-refractivity contribution in [3.8, 4) is 0 Å². The minimum absolute atomic E-state index is 0.129. The van der Waals surface area contributed by atoms with E-state index >= 15 is 0 Å². The third-order valence-corrected chi connectivity index (χ3v) is 7.61. The number of aliphatic imine (C=N–C) groups is 1. The lowest BCUT2D eigenvalue weighted by Gasteiger charge is -2.47. The summed E-state index contributed by atoms with van der Waals surface area (Å²) in [5.41, 5.74) is 14.5. The van der Waals surface area contributed by atoms with Crippen molar-refractivity contribution in [2.75, 3.05) is 7.11 Å². The Morgan fingerprint density at radius 3 is 2.48 bits per heavy atom. The van der Waals surface area contributed by atoms with Crippen molar-refractivity contribution in [2.45, 2.75) is 69.7 Å². The molecule has 216 valence electrons. The number of hydrazone groups is 1. The van der Waals surface area contributed by atoms with E-state index in [0.29, 0.717) is 33.6 Å². The Hall–Kier alpha value is -3.18. The van der Waals surface area contributed by atoms with E-state index in [1.165, 1.54) is 0 Å². The lowest BCUT2D eigenvalue weighted by Crippen LogP contribution is -2.57. The first-order chi connectivity index (χ1) is 19.2. The molecule has 1 spiro atoms. The first-order valence-corrected chi connectivity index (χ1v) is 13.9. The highest BCUT2D eigenvalue weighted by atomic mass is 35.5. The zero-order chi connectivity index (χ0) is 29.3. The Morgan fingerprint density at radius 2 is 1.90 bits per heavy atom. The van der Waals surface area contributed by atoms with Gasteiger partial charge in [-0.25, -0.2) is 16.4 Å². The Morgan fingerprint density at radius 1 is 1.25 bits per heavy atom. The predicted octanol–water partition coefficient (Wildman–Crippen LogP) is 3.83. The van der Waals surface area contributed by atoms with Crippen molar-refractivity contribution in [1.82, 2.24) is 10.4 Å². The summed E-state index contributed by atoms with van der Waals surface area (Å²) in [5.74, 6) is 5.49. The summed E-state index contributed by atoms with van der Waals surface area (Å²) >= 11 is 12.6. The first kappa shape index (κ1) is 31.3. The molecule has 1 heterocycles. The Balaban J connectivity index is 0.00000141. The smallest absolute Gasteiger partial charge is 0.275 e. The van der Waals surface area contributed by atoms with Crippen LogP contribution in [0.2, 0.25) is 10.0 Å². The minimum atomic E-state index is -0.795. The van der Waals surface area contributed by atoms with E-state index in [1.54, 1.807) is 25.3 Å². The van der Waals surface area contributed by atoms with E-state index in [2.05, 4.69) is 35.4 Å². The molecule has 0 bridgehead atoms. The molecule has 12 heteroatoms. The summed E-state index contributed by atoms with van der Waals surface area (Å²) in [5, 5.41) is 4.75. The summed E-state index contributed by atoms with van der Waals surface area (Å²) in [7, 11) is 1.70. The van der Waals surface area contributed by atoms with Gasteiger partial charge in [0.2, 0.25) is 6.41 Å². The molecule has 1 saturated carbocycles. The number of hydrogen-bond donors (Lipinski definition) is 4. The maximum Gasteiger partial charge on any atom is 0.275 e. The minimum Gasteiger partial charge on any atom is -0.385 e. The summed E-state index contributed by atoms with van der Waals surface area (Å²) in [6.45, 7) is 2.12. The number of hydrazine groups is 1. The van der Waals surface area contributed by atoms with E-state index in [0.717, 1.165) is 49.7 Å². The van der Waals surface area contributed by atoms with Gasteiger partial charge >= 0.3 is 0 Å². The van der Waals surface area contributed by atoms with Gasteiger partial charge in [-0.05, 0) is 55.0 Å². The molecule has 10 nitrogen and oxygen atoms in total. The number of nitrogens with zero attached hydrogens (tertiary/aromatic N) is 3. The van der Waals surface area contributed by atoms with Crippen LogP contribution in [0.25, 0.3) is 0 Å². The Bertz CT molecular complexity index is 1220. The second-order valence-corrected chi connectivity index (χ2v) is 10.6. The van der Waals surface area contributed by atoms with E-state index in [9.17, 15) is 4.79 Å². The topological polar surface area (TPSA) is 161 Å². The number of nitrogens with one attached hydrogen (secondary N) is 1. The number of carbonyl (C=O) groups is 2. The molecule has 0 aromatic heterocycles. The number of primary amides is 1. The molecular weight excluding hydrogens is 553 g/mol. The van der Waals surface area contributed by atoms with Gasteiger partial charge in [-0.15, -0.1) is 0 Å². The summed E-state index contributed by atoms with van der Waals surface area (Å²) in [6.07, 6.45) is 5.73. The maximum absolute atomic E-state index is 14.2. The quantitative estimate of drug-likeness (QED) is 0.114. The monoisotopic (exact) mass is 589 g/mol. The molecule has 2 aromatic carbocycles. The number of amidine groups is 1. The number of ether oxygens (including phenoxy) is 1. The molecule has 0 radical (unpaired) electrons. The van der Waals surface area contributed by atoms with Crippen LogP contribution in [-0.4, -0.2) is 47.6 Å². The standard InChI is InChI=1S/C27H34Cl2N6O2.CH3NO/c1-3-6-22(18-10-8-17(9-11-18)13-24(30)33-34-31)35-26(36)25(19-14-20(28)16-21(29)15-19)32-27(35)12-5-4-7-23(27)37-2;2-1-3/h8-11,14-16,22-23,34H,3-7,12-13,31H2,1-2H3,(H2,30,33);1H,(H2,2,3). The van der Waals surface area contributed by atoms with Crippen LogP contribution in [0, 0.1) is 0 Å². The number of benzene rings is 2. The molecule has 7 N–H and O–H groups in total. The van der Waals surface area contributed by atoms with Crippen molar-refractivity contribution in [3.05, 3.63) is 69.2 Å². The van der Waals surface area contributed by atoms with Gasteiger partial charge in [0, 0.05) is 29.1 Å². The van der Waals surface area contributed by atoms with Crippen LogP contribution in [-0.2, 0) is 20.7 Å². The van der Waals surface area contributed by atoms with E-state index < -0.39 is 5.66 Å². The second-order valence-electron chi connectivity index (χ2n) is 9.73. The molecule has 1 aliphatic heterocycles. The van der Waals surface area contributed by atoms with Crippen molar-refractivity contribution in [1.29, 1.82) is 0 Å². The highest BCUT2D eigenvalue weighted by molar-refractivity contribution is 6.48. The molecule has 1 fully saturated rings. The van der Waals surface area contributed by atoms with Crippen LogP contribution < -0.4 is 22.8 Å². The number of amides is 2. The van der Waals surface area contributed by atoms with Gasteiger partial charge in [-0.2, -0.15) is 5.10 Å². The summed E-state index contributed by atoms with van der Waals surface area (Å²) in [4.78, 5) is 29.9. The zero-order valence-electron chi connectivity index (χ0n) is 22.8. The fraction of sp³-hybridized carbons (Fsp3) is 0.429. The van der Waals surface area contributed by atoms with E-state index in [4.69, 9.17) is 49.3 Å². The van der Waals surface area contributed by atoms with E-state index in [1.807, 2.05) is 17.0 Å².